The zero-order valence-corrected chi connectivity index (χ0v) is 21.1. The average Bonchev–Trinajstić information content (AvgIpc) is 3.26. The molecule has 0 aliphatic carbocycles. The van der Waals surface area contributed by atoms with Crippen molar-refractivity contribution < 1.29 is 14.3 Å². The summed E-state index contributed by atoms with van der Waals surface area (Å²) in [7, 11) is 0. The molecule has 3 rings (SSSR count). The van der Waals surface area contributed by atoms with Crippen LogP contribution in [-0.2, 0) is 16.1 Å². The first-order chi connectivity index (χ1) is 15.3. The number of nitrogens with zero attached hydrogens (tertiary/aromatic N) is 3. The van der Waals surface area contributed by atoms with Gasteiger partial charge < -0.3 is 14.6 Å². The zero-order chi connectivity index (χ0) is 23.4. The van der Waals surface area contributed by atoms with Crippen molar-refractivity contribution >= 4 is 63.2 Å². The molecule has 0 atom stereocenters. The minimum atomic E-state index is -0.437. The Balaban J connectivity index is 1.74. The summed E-state index contributed by atoms with van der Waals surface area (Å²) in [5, 5.41) is 13.4. The summed E-state index contributed by atoms with van der Waals surface area (Å²) in [5.41, 5.74) is 1.93. The minimum absolute atomic E-state index is 0.102. The van der Waals surface area contributed by atoms with Crippen LogP contribution >= 0.6 is 46.3 Å². The van der Waals surface area contributed by atoms with Gasteiger partial charge in [-0.15, -0.1) is 21.5 Å². The van der Waals surface area contributed by atoms with Crippen LogP contribution in [-0.4, -0.2) is 39.0 Å². The average molecular weight is 513 g/mol. The molecule has 0 aliphatic rings. The quantitative estimate of drug-likeness (QED) is 0.300. The molecule has 0 fully saturated rings. The number of carbonyl (C=O) groups is 2. The molecule has 3 aromatic rings. The summed E-state index contributed by atoms with van der Waals surface area (Å²) in [6, 6.07) is 5.18. The van der Waals surface area contributed by atoms with Gasteiger partial charge in [-0.3, -0.25) is 4.79 Å². The number of nitrogens with one attached hydrogen (secondary N) is 1. The number of thioether (sulfide) groups is 1. The molecule has 170 valence electrons. The third-order valence-corrected chi connectivity index (χ3v) is 7.29. The largest absolute Gasteiger partial charge is 0.462 e. The first-order valence-corrected chi connectivity index (χ1v) is 12.4. The van der Waals surface area contributed by atoms with E-state index in [1.54, 1.807) is 25.1 Å². The van der Waals surface area contributed by atoms with Crippen LogP contribution in [0.2, 0.25) is 10.0 Å². The molecule has 0 radical (unpaired) electrons. The first kappa shape index (κ1) is 24.6. The summed E-state index contributed by atoms with van der Waals surface area (Å²) >= 11 is 14.9. The maximum atomic E-state index is 12.6. The van der Waals surface area contributed by atoms with Crippen LogP contribution in [0.3, 0.4) is 0 Å². The second-order valence-corrected chi connectivity index (χ2v) is 9.73. The van der Waals surface area contributed by atoms with Crippen LogP contribution in [0.25, 0.3) is 11.4 Å². The number of benzene rings is 1. The monoisotopic (exact) mass is 512 g/mol. The van der Waals surface area contributed by atoms with Crippen molar-refractivity contribution in [1.82, 2.24) is 14.8 Å². The van der Waals surface area contributed by atoms with Crippen LogP contribution in [0.5, 0.6) is 0 Å². The number of halogens is 2. The number of aromatic nitrogens is 3. The van der Waals surface area contributed by atoms with Gasteiger partial charge in [0.05, 0.1) is 22.9 Å². The lowest BCUT2D eigenvalue weighted by Crippen LogP contribution is -2.17. The van der Waals surface area contributed by atoms with Gasteiger partial charge in [0.25, 0.3) is 0 Å². The zero-order valence-electron chi connectivity index (χ0n) is 18.0. The van der Waals surface area contributed by atoms with Crippen molar-refractivity contribution in [3.8, 4) is 11.4 Å². The van der Waals surface area contributed by atoms with Crippen LogP contribution in [0.1, 0.15) is 34.6 Å². The molecule has 1 aromatic carbocycles. The molecule has 0 bridgehead atoms. The smallest absolute Gasteiger partial charge is 0.341 e. The van der Waals surface area contributed by atoms with Crippen molar-refractivity contribution in [2.75, 3.05) is 17.7 Å². The molecule has 11 heteroatoms. The number of hydrogen-bond donors (Lipinski definition) is 1. The number of carbonyl (C=O) groups excluding carboxylic acids is 2. The van der Waals surface area contributed by atoms with Crippen LogP contribution < -0.4 is 5.32 Å². The Labute approximate surface area is 204 Å². The van der Waals surface area contributed by atoms with E-state index in [4.69, 9.17) is 27.9 Å². The molecule has 32 heavy (non-hydrogen) atoms. The molecule has 2 aromatic heterocycles. The topological polar surface area (TPSA) is 86.1 Å². The number of esters is 1. The third kappa shape index (κ3) is 5.28. The van der Waals surface area contributed by atoms with Crippen LogP contribution in [0.15, 0.2) is 23.4 Å². The normalized spacial score (nSPS) is 10.9. The summed E-state index contributed by atoms with van der Waals surface area (Å²) in [5.74, 6) is 0.0160. The van der Waals surface area contributed by atoms with Gasteiger partial charge in [0.2, 0.25) is 5.91 Å². The standard InChI is InChI=1S/C21H22Cl2N4O3S2/c1-5-27-18(14-8-7-13(22)9-15(14)23)25-26-21(27)31-10-16(28)24-19-17(20(29)30-6-2)11(3)12(4)32-19/h7-9H,5-6,10H2,1-4H3,(H,24,28). The molecule has 7 nitrogen and oxygen atoms in total. The fourth-order valence-corrected chi connectivity index (χ4v) is 5.37. The lowest BCUT2D eigenvalue weighted by atomic mass is 10.1. The predicted molar refractivity (Wildman–Crippen MR) is 130 cm³/mol. The van der Waals surface area contributed by atoms with Gasteiger partial charge in [-0.1, -0.05) is 35.0 Å². The van der Waals surface area contributed by atoms with E-state index in [1.165, 1.54) is 23.1 Å². The second kappa shape index (κ2) is 10.7. The molecule has 0 saturated heterocycles. The number of amides is 1. The fourth-order valence-electron chi connectivity index (χ4n) is 3.01. The molecule has 0 aliphatic heterocycles. The van der Waals surface area contributed by atoms with Gasteiger partial charge >= 0.3 is 5.97 Å². The molecular weight excluding hydrogens is 491 g/mol. The summed E-state index contributed by atoms with van der Waals surface area (Å²) in [4.78, 5) is 25.9. The Morgan fingerprint density at radius 2 is 1.97 bits per heavy atom. The highest BCUT2D eigenvalue weighted by Crippen LogP contribution is 2.34. The van der Waals surface area contributed by atoms with Gasteiger partial charge in [0.1, 0.15) is 5.00 Å². The van der Waals surface area contributed by atoms with E-state index < -0.39 is 5.97 Å². The Morgan fingerprint density at radius 3 is 2.62 bits per heavy atom. The van der Waals surface area contributed by atoms with Crippen molar-refractivity contribution in [2.24, 2.45) is 0 Å². The second-order valence-electron chi connectivity index (χ2n) is 6.72. The highest BCUT2D eigenvalue weighted by molar-refractivity contribution is 7.99. The number of rotatable bonds is 8. The third-order valence-electron chi connectivity index (χ3n) is 4.66. The Bertz CT molecular complexity index is 1160. The summed E-state index contributed by atoms with van der Waals surface area (Å²) in [6.45, 7) is 8.32. The number of thiophene rings is 1. The lowest BCUT2D eigenvalue weighted by molar-refractivity contribution is -0.113. The van der Waals surface area contributed by atoms with E-state index >= 15 is 0 Å². The molecule has 0 saturated carbocycles. The van der Waals surface area contributed by atoms with Gasteiger partial charge in [0, 0.05) is 22.0 Å². The van der Waals surface area contributed by atoms with Crippen LogP contribution in [0, 0.1) is 13.8 Å². The fraction of sp³-hybridized carbons (Fsp3) is 0.333. The minimum Gasteiger partial charge on any atom is -0.462 e. The molecule has 1 amide bonds. The van der Waals surface area contributed by atoms with Crippen molar-refractivity contribution in [2.45, 2.75) is 39.4 Å². The number of hydrogen-bond acceptors (Lipinski definition) is 7. The number of aryl methyl sites for hydroxylation is 1. The van der Waals surface area contributed by atoms with Crippen molar-refractivity contribution in [3.05, 3.63) is 44.2 Å². The summed E-state index contributed by atoms with van der Waals surface area (Å²) in [6.07, 6.45) is 0. The number of anilines is 1. The maximum Gasteiger partial charge on any atom is 0.341 e. The first-order valence-electron chi connectivity index (χ1n) is 9.85. The van der Waals surface area contributed by atoms with Gasteiger partial charge in [-0.05, 0) is 51.5 Å². The van der Waals surface area contributed by atoms with E-state index in [-0.39, 0.29) is 18.3 Å². The Kier molecular flexibility index (Phi) is 8.21. The van der Waals surface area contributed by atoms with E-state index in [9.17, 15) is 9.59 Å². The molecule has 1 N–H and O–H groups in total. The van der Waals surface area contributed by atoms with E-state index in [0.29, 0.717) is 43.7 Å². The molecular formula is C21H22Cl2N4O3S2. The highest BCUT2D eigenvalue weighted by Gasteiger charge is 2.23. The van der Waals surface area contributed by atoms with E-state index in [2.05, 4.69) is 15.5 Å². The van der Waals surface area contributed by atoms with E-state index in [1.807, 2.05) is 25.3 Å². The van der Waals surface area contributed by atoms with E-state index in [0.717, 1.165) is 10.4 Å². The maximum absolute atomic E-state index is 12.6. The molecule has 2 heterocycles. The highest BCUT2D eigenvalue weighted by atomic mass is 35.5. The lowest BCUT2D eigenvalue weighted by Gasteiger charge is -2.09. The van der Waals surface area contributed by atoms with Gasteiger partial charge in [-0.25, -0.2) is 4.79 Å². The SMILES string of the molecule is CCOC(=O)c1c(NC(=O)CSc2nnc(-c3ccc(Cl)cc3Cl)n2CC)sc(C)c1C. The molecule has 0 unspecified atom stereocenters. The summed E-state index contributed by atoms with van der Waals surface area (Å²) < 4.78 is 7.02. The Morgan fingerprint density at radius 1 is 1.22 bits per heavy atom. The van der Waals surface area contributed by atoms with Crippen molar-refractivity contribution in [3.63, 3.8) is 0 Å². The Hall–Kier alpha value is -2.07. The van der Waals surface area contributed by atoms with Gasteiger partial charge in [0.15, 0.2) is 11.0 Å². The van der Waals surface area contributed by atoms with Crippen molar-refractivity contribution in [1.29, 1.82) is 0 Å². The van der Waals surface area contributed by atoms with Gasteiger partial charge in [-0.2, -0.15) is 0 Å². The number of ether oxygens (including phenoxy) is 1. The predicted octanol–water partition coefficient (Wildman–Crippen LogP) is 5.86. The molecule has 0 spiro atoms. The van der Waals surface area contributed by atoms with Crippen LogP contribution in [0.4, 0.5) is 5.00 Å².